The second kappa shape index (κ2) is 4.68. The maximum Gasteiger partial charge on any atom is 0.129 e. The lowest BCUT2D eigenvalue weighted by Gasteiger charge is -1.99. The molecule has 0 aliphatic rings. The van der Waals surface area contributed by atoms with Gasteiger partial charge in [-0.1, -0.05) is 11.6 Å². The number of halogens is 1. The number of rotatable bonds is 3. The summed E-state index contributed by atoms with van der Waals surface area (Å²) in [6.07, 6.45) is 5.57. The van der Waals surface area contributed by atoms with E-state index in [-0.39, 0.29) is 0 Å². The van der Waals surface area contributed by atoms with Crippen LogP contribution >= 0.6 is 23.4 Å². The zero-order chi connectivity index (χ0) is 10.7. The zero-order valence-corrected chi connectivity index (χ0v) is 9.79. The van der Waals surface area contributed by atoms with Gasteiger partial charge < -0.3 is 0 Å². The van der Waals surface area contributed by atoms with Gasteiger partial charge in [0.05, 0.1) is 6.20 Å². The summed E-state index contributed by atoms with van der Waals surface area (Å²) >= 11 is 7.53. The van der Waals surface area contributed by atoms with Crippen LogP contribution in [0.15, 0.2) is 35.6 Å². The Morgan fingerprint density at radius 2 is 2.40 bits per heavy atom. The first-order chi connectivity index (χ1) is 7.24. The van der Waals surface area contributed by atoms with Crippen molar-refractivity contribution in [3.05, 3.63) is 41.4 Å². The first-order valence-electron chi connectivity index (χ1n) is 4.46. The van der Waals surface area contributed by atoms with Gasteiger partial charge in [0, 0.05) is 30.1 Å². The predicted molar refractivity (Wildman–Crippen MR) is 62.0 cm³/mol. The fraction of sp³-hybridized carbons (Fsp3) is 0.200. The molecular weight excluding hydrogens is 230 g/mol. The van der Waals surface area contributed by atoms with E-state index in [0.29, 0.717) is 5.15 Å². The van der Waals surface area contributed by atoms with Crippen LogP contribution < -0.4 is 0 Å². The summed E-state index contributed by atoms with van der Waals surface area (Å²) in [6, 6.07) is 3.85. The van der Waals surface area contributed by atoms with E-state index in [2.05, 4.69) is 10.1 Å². The Morgan fingerprint density at radius 1 is 1.53 bits per heavy atom. The summed E-state index contributed by atoms with van der Waals surface area (Å²) < 4.78 is 1.79. The number of hydrogen-bond donors (Lipinski definition) is 0. The van der Waals surface area contributed by atoms with Gasteiger partial charge in [0.15, 0.2) is 0 Å². The second-order valence-corrected chi connectivity index (χ2v) is 4.56. The molecule has 78 valence electrons. The lowest BCUT2D eigenvalue weighted by atomic mass is 10.3. The first kappa shape index (κ1) is 10.5. The van der Waals surface area contributed by atoms with Crippen LogP contribution in [0.3, 0.4) is 0 Å². The number of aromatic nitrogens is 3. The molecular formula is C10H10ClN3S. The Balaban J connectivity index is 1.99. The molecule has 2 aromatic heterocycles. The van der Waals surface area contributed by atoms with Gasteiger partial charge in [-0.15, -0.1) is 11.8 Å². The van der Waals surface area contributed by atoms with E-state index in [0.717, 1.165) is 10.6 Å². The van der Waals surface area contributed by atoms with Gasteiger partial charge in [-0.05, 0) is 17.7 Å². The van der Waals surface area contributed by atoms with Crippen LogP contribution in [0.1, 0.15) is 5.56 Å². The highest BCUT2D eigenvalue weighted by molar-refractivity contribution is 7.98. The smallest absolute Gasteiger partial charge is 0.129 e. The second-order valence-electron chi connectivity index (χ2n) is 3.13. The molecule has 15 heavy (non-hydrogen) atoms. The van der Waals surface area contributed by atoms with Crippen LogP contribution in [0.4, 0.5) is 0 Å². The van der Waals surface area contributed by atoms with Crippen molar-refractivity contribution in [2.45, 2.75) is 10.6 Å². The van der Waals surface area contributed by atoms with Crippen LogP contribution in [-0.2, 0) is 12.8 Å². The van der Waals surface area contributed by atoms with Gasteiger partial charge >= 0.3 is 0 Å². The van der Waals surface area contributed by atoms with Crippen molar-refractivity contribution in [3.63, 3.8) is 0 Å². The number of thioether (sulfide) groups is 1. The third-order valence-corrected chi connectivity index (χ3v) is 3.11. The lowest BCUT2D eigenvalue weighted by Crippen LogP contribution is -1.84. The maximum atomic E-state index is 5.79. The molecule has 0 radical (unpaired) electrons. The zero-order valence-electron chi connectivity index (χ0n) is 8.22. The third kappa shape index (κ3) is 2.97. The van der Waals surface area contributed by atoms with Crippen molar-refractivity contribution in [1.82, 2.24) is 14.8 Å². The van der Waals surface area contributed by atoms with Gasteiger partial charge in [0.25, 0.3) is 0 Å². The van der Waals surface area contributed by atoms with E-state index >= 15 is 0 Å². The van der Waals surface area contributed by atoms with Crippen LogP contribution in [0, 0.1) is 0 Å². The van der Waals surface area contributed by atoms with E-state index in [1.165, 1.54) is 5.56 Å². The summed E-state index contributed by atoms with van der Waals surface area (Å²) in [5, 5.41) is 4.64. The summed E-state index contributed by atoms with van der Waals surface area (Å²) in [5.74, 6) is 0.883. The highest BCUT2D eigenvalue weighted by Crippen LogP contribution is 2.22. The SMILES string of the molecule is Cn1cc(SCc2ccnc(Cl)c2)cn1. The van der Waals surface area contributed by atoms with Crippen LogP contribution in [0.25, 0.3) is 0 Å². The van der Waals surface area contributed by atoms with Crippen molar-refractivity contribution in [3.8, 4) is 0 Å². The molecule has 5 heteroatoms. The van der Waals surface area contributed by atoms with E-state index in [9.17, 15) is 0 Å². The fourth-order valence-corrected chi connectivity index (χ4v) is 2.23. The molecule has 2 aromatic rings. The molecule has 0 saturated heterocycles. The number of aryl methyl sites for hydroxylation is 1. The Bertz CT molecular complexity index is 455. The highest BCUT2D eigenvalue weighted by atomic mass is 35.5. The van der Waals surface area contributed by atoms with E-state index in [1.807, 2.05) is 31.6 Å². The van der Waals surface area contributed by atoms with Gasteiger partial charge in [-0.25, -0.2) is 4.98 Å². The molecule has 0 aliphatic heterocycles. The van der Waals surface area contributed by atoms with Crippen LogP contribution in [0.5, 0.6) is 0 Å². The van der Waals surface area contributed by atoms with Crippen molar-refractivity contribution < 1.29 is 0 Å². The van der Waals surface area contributed by atoms with Crippen molar-refractivity contribution in [1.29, 1.82) is 0 Å². The Labute approximate surface area is 97.5 Å². The van der Waals surface area contributed by atoms with Crippen molar-refractivity contribution >= 4 is 23.4 Å². The topological polar surface area (TPSA) is 30.7 Å². The van der Waals surface area contributed by atoms with Crippen LogP contribution in [-0.4, -0.2) is 14.8 Å². The van der Waals surface area contributed by atoms with E-state index < -0.39 is 0 Å². The minimum Gasteiger partial charge on any atom is -0.275 e. The van der Waals surface area contributed by atoms with Crippen molar-refractivity contribution in [2.75, 3.05) is 0 Å². The number of hydrogen-bond acceptors (Lipinski definition) is 3. The normalized spacial score (nSPS) is 10.5. The Kier molecular flexibility index (Phi) is 3.28. The van der Waals surface area contributed by atoms with E-state index in [1.54, 1.807) is 22.6 Å². The molecule has 2 rings (SSSR count). The van der Waals surface area contributed by atoms with Crippen LogP contribution in [0.2, 0.25) is 5.15 Å². The minimum absolute atomic E-state index is 0.541. The van der Waals surface area contributed by atoms with Crippen molar-refractivity contribution in [2.24, 2.45) is 7.05 Å². The summed E-state index contributed by atoms with van der Waals surface area (Å²) in [4.78, 5) is 5.10. The molecule has 0 aromatic carbocycles. The third-order valence-electron chi connectivity index (χ3n) is 1.88. The average Bonchev–Trinajstić information content (AvgIpc) is 2.62. The largest absolute Gasteiger partial charge is 0.275 e. The highest BCUT2D eigenvalue weighted by Gasteiger charge is 1.99. The Morgan fingerprint density at radius 3 is 3.07 bits per heavy atom. The summed E-state index contributed by atoms with van der Waals surface area (Å²) in [5.41, 5.74) is 1.17. The molecule has 0 aliphatic carbocycles. The molecule has 0 N–H and O–H groups in total. The predicted octanol–water partition coefficient (Wildman–Crippen LogP) is 2.76. The van der Waals surface area contributed by atoms with Gasteiger partial charge in [-0.3, -0.25) is 4.68 Å². The summed E-state index contributed by atoms with van der Waals surface area (Å²) in [6.45, 7) is 0. The molecule has 0 spiro atoms. The molecule has 0 atom stereocenters. The first-order valence-corrected chi connectivity index (χ1v) is 5.82. The quantitative estimate of drug-likeness (QED) is 0.610. The maximum absolute atomic E-state index is 5.79. The molecule has 3 nitrogen and oxygen atoms in total. The lowest BCUT2D eigenvalue weighted by molar-refractivity contribution is 0.766. The molecule has 0 unspecified atom stereocenters. The monoisotopic (exact) mass is 239 g/mol. The number of pyridine rings is 1. The Hall–Kier alpha value is -1.00. The van der Waals surface area contributed by atoms with E-state index in [4.69, 9.17) is 11.6 Å². The van der Waals surface area contributed by atoms with Gasteiger partial charge in [0.2, 0.25) is 0 Å². The standard InChI is InChI=1S/C10H10ClN3S/c1-14-6-9(5-13-14)15-7-8-2-3-12-10(11)4-8/h2-6H,7H2,1H3. The molecule has 0 bridgehead atoms. The molecule has 0 amide bonds. The number of nitrogens with zero attached hydrogens (tertiary/aromatic N) is 3. The molecule has 0 saturated carbocycles. The minimum atomic E-state index is 0.541. The van der Waals surface area contributed by atoms with Gasteiger partial charge in [-0.2, -0.15) is 5.10 Å². The fourth-order valence-electron chi connectivity index (χ4n) is 1.17. The van der Waals surface area contributed by atoms with Gasteiger partial charge in [0.1, 0.15) is 5.15 Å². The summed E-state index contributed by atoms with van der Waals surface area (Å²) in [7, 11) is 1.91. The molecule has 2 heterocycles. The average molecular weight is 240 g/mol. The molecule has 0 fully saturated rings.